The summed E-state index contributed by atoms with van der Waals surface area (Å²) >= 11 is 0. The molecule has 0 aromatic carbocycles. The zero-order chi connectivity index (χ0) is 20.7. The number of hydrogen-bond acceptors (Lipinski definition) is 3. The van der Waals surface area contributed by atoms with Crippen molar-refractivity contribution in [2.45, 2.75) is 5.51 Å². The van der Waals surface area contributed by atoms with E-state index in [2.05, 4.69) is 7.05 Å². The van der Waals surface area contributed by atoms with Crippen molar-refractivity contribution in [2.75, 3.05) is 46.3 Å². The van der Waals surface area contributed by atoms with Gasteiger partial charge in [-0.3, -0.25) is 0 Å². The van der Waals surface area contributed by atoms with Crippen LogP contribution in [0.5, 0.6) is 0 Å². The number of quaternary nitrogens is 2. The molecule has 0 aromatic heterocycles. The zero-order valence-corrected chi connectivity index (χ0v) is 14.2. The Morgan fingerprint density at radius 1 is 0.840 bits per heavy atom. The molecule has 0 aromatic rings. The van der Waals surface area contributed by atoms with Crippen LogP contribution in [-0.4, -0.2) is 74.0 Å². The topological polar surface area (TPSA) is 57.2 Å². The monoisotopic (exact) mass is 440 g/mol. The average Bonchev–Trinajstić information content (AvgIpc) is 2.25. The number of alkyl halides is 3. The SMILES string of the molecule is C[N+]12CC[N+](F)(CC1)CC2.F[P-](F)(F)(F)(F)F.O=S(=O)([O-])C(F)(F)F. The molecule has 0 atom stereocenters. The van der Waals surface area contributed by atoms with Crippen molar-refractivity contribution in [3.63, 3.8) is 0 Å². The molecule has 3 fully saturated rings. The molecule has 3 saturated heterocycles. The number of piperazine rings is 3. The summed E-state index contributed by atoms with van der Waals surface area (Å²) in [6.07, 6.45) is 0. The Labute approximate surface area is 135 Å². The molecule has 0 amide bonds. The summed E-state index contributed by atoms with van der Waals surface area (Å²) in [6.45, 7) is 5.35. The van der Waals surface area contributed by atoms with Gasteiger partial charge in [-0.1, -0.05) is 0 Å². The second kappa shape index (κ2) is 6.04. The molecule has 156 valence electrons. The molecular weight excluding hydrogens is 425 g/mol. The quantitative estimate of drug-likeness (QED) is 0.145. The van der Waals surface area contributed by atoms with E-state index in [-0.39, 0.29) is 4.71 Å². The Kier molecular flexibility index (Phi) is 5.93. The minimum atomic E-state index is -10.7. The van der Waals surface area contributed by atoms with Crippen molar-refractivity contribution in [1.82, 2.24) is 0 Å². The molecule has 0 N–H and O–H groups in total. The number of halogens is 10. The molecule has 3 rings (SSSR count). The van der Waals surface area contributed by atoms with Crippen LogP contribution < -0.4 is 0 Å². The van der Waals surface area contributed by atoms with E-state index in [9.17, 15) is 42.8 Å². The third-order valence-corrected chi connectivity index (χ3v) is 3.97. The molecule has 25 heavy (non-hydrogen) atoms. The molecule has 3 aliphatic heterocycles. The van der Waals surface area contributed by atoms with E-state index in [1.165, 1.54) is 0 Å². The Balaban J connectivity index is 0.000000355. The van der Waals surface area contributed by atoms with Crippen LogP contribution >= 0.6 is 7.81 Å². The second-order valence-electron chi connectivity index (χ2n) is 5.85. The van der Waals surface area contributed by atoms with Gasteiger partial charge in [-0.25, -0.2) is 8.42 Å². The molecule has 0 unspecified atom stereocenters. The smallest absolute Gasteiger partial charge is 0.485 e. The predicted molar refractivity (Wildman–Crippen MR) is 66.1 cm³/mol. The fourth-order valence-corrected chi connectivity index (χ4v) is 1.93. The molecule has 17 heteroatoms. The number of hydrogen-bond donors (Lipinski definition) is 0. The molecule has 0 radical (unpaired) electrons. The minimum absolute atomic E-state index is 0.145. The normalized spacial score (nSPS) is 32.3. The number of fused-ring (bicyclic) bond motifs is 3. The van der Waals surface area contributed by atoms with E-state index < -0.39 is 23.4 Å². The summed E-state index contributed by atoms with van der Waals surface area (Å²) < 4.78 is 133. The van der Waals surface area contributed by atoms with E-state index in [4.69, 9.17) is 13.0 Å². The van der Waals surface area contributed by atoms with Gasteiger partial charge in [0.1, 0.15) is 19.6 Å². The van der Waals surface area contributed by atoms with E-state index >= 15 is 0 Å². The van der Waals surface area contributed by atoms with Crippen molar-refractivity contribution >= 4 is 17.9 Å². The van der Waals surface area contributed by atoms with Gasteiger partial charge in [-0.05, 0) is 4.48 Å². The third kappa shape index (κ3) is 12.5. The van der Waals surface area contributed by atoms with Gasteiger partial charge in [0.2, 0.25) is 0 Å². The van der Waals surface area contributed by atoms with Crippen LogP contribution in [0.15, 0.2) is 0 Å². The van der Waals surface area contributed by atoms with Crippen LogP contribution in [0.25, 0.3) is 0 Å². The first kappa shape index (κ1) is 24.6. The van der Waals surface area contributed by atoms with Gasteiger partial charge in [0.25, 0.3) is 0 Å². The van der Waals surface area contributed by atoms with E-state index in [0.717, 1.165) is 43.8 Å². The average molecular weight is 440 g/mol. The van der Waals surface area contributed by atoms with Gasteiger partial charge in [-0.2, -0.15) is 13.2 Å². The van der Waals surface area contributed by atoms with E-state index in [1.807, 2.05) is 0 Å². The standard InChI is InChI=1S/C7H15FN2.CHF3O3S.F6P/c1-9-2-5-10(8,6-3-9)7-4-9;2-1(3,4)8(5,6)7;1-7(2,3,4,5)6/h2-7H2,1H3;(H,5,6,7);/q+2;;-1/p-1. The van der Waals surface area contributed by atoms with Crippen LogP contribution in [0.4, 0.5) is 42.8 Å². The maximum atomic E-state index is 13.4. The largest absolute Gasteiger partial charge is 0.741 e. The molecule has 3 aliphatic rings. The zero-order valence-electron chi connectivity index (χ0n) is 12.5. The maximum absolute atomic E-state index is 13.4. The van der Waals surface area contributed by atoms with Crippen LogP contribution in [0.3, 0.4) is 0 Å². The van der Waals surface area contributed by atoms with Crippen LogP contribution in [0.2, 0.25) is 0 Å². The summed E-state index contributed by atoms with van der Waals surface area (Å²) in [5.74, 6) is 0. The Morgan fingerprint density at radius 3 is 1.16 bits per heavy atom. The Morgan fingerprint density at radius 2 is 1.04 bits per heavy atom. The van der Waals surface area contributed by atoms with Gasteiger partial charge in [-0.15, -0.1) is 4.71 Å². The van der Waals surface area contributed by atoms with Crippen molar-refractivity contribution < 1.29 is 65.0 Å². The Bertz CT molecular complexity index is 533. The van der Waals surface area contributed by atoms with Gasteiger partial charge in [0, 0.05) is 0 Å². The molecule has 2 bridgehead atoms. The number of likely N-dealkylation sites (N-methyl/N-ethyl adjacent to an activating group) is 1. The number of nitrogens with zero attached hydrogens (tertiary/aromatic N) is 2. The third-order valence-electron chi connectivity index (χ3n) is 3.41. The molecular formula is C8H15F10N2O3PS. The summed E-state index contributed by atoms with van der Waals surface area (Å²) in [4.78, 5) is 0. The first-order valence-electron chi connectivity index (χ1n) is 6.30. The Hall–Kier alpha value is -0.440. The molecule has 0 aliphatic carbocycles. The first-order chi connectivity index (χ1) is 10.3. The number of rotatable bonds is 0. The fourth-order valence-electron chi connectivity index (χ4n) is 1.93. The summed E-state index contributed by atoms with van der Waals surface area (Å²) in [7, 11) is -14.5. The summed E-state index contributed by atoms with van der Waals surface area (Å²) in [5.41, 5.74) is -5.65. The van der Waals surface area contributed by atoms with Crippen LogP contribution in [0, 0.1) is 0 Å². The van der Waals surface area contributed by atoms with Gasteiger partial charge in [0.05, 0.1) is 7.05 Å². The van der Waals surface area contributed by atoms with E-state index in [1.54, 1.807) is 0 Å². The predicted octanol–water partition coefficient (Wildman–Crippen LogP) is 3.60. The second-order valence-corrected chi connectivity index (χ2v) is 9.14. The summed E-state index contributed by atoms with van der Waals surface area (Å²) in [5, 5.41) is 0. The fraction of sp³-hybridized carbons (Fsp3) is 1.00. The van der Waals surface area contributed by atoms with Crippen molar-refractivity contribution in [1.29, 1.82) is 0 Å². The van der Waals surface area contributed by atoms with Gasteiger partial charge >= 0.3 is 38.5 Å². The molecule has 3 heterocycles. The minimum Gasteiger partial charge on any atom is -0.741 e. The van der Waals surface area contributed by atoms with Crippen molar-refractivity contribution in [3.8, 4) is 0 Å². The van der Waals surface area contributed by atoms with Crippen molar-refractivity contribution in [2.24, 2.45) is 0 Å². The van der Waals surface area contributed by atoms with E-state index in [0.29, 0.717) is 0 Å². The van der Waals surface area contributed by atoms with Gasteiger partial charge < -0.3 is 9.04 Å². The van der Waals surface area contributed by atoms with Crippen LogP contribution in [0.1, 0.15) is 0 Å². The first-order valence-corrected chi connectivity index (χ1v) is 9.74. The van der Waals surface area contributed by atoms with Crippen molar-refractivity contribution in [3.05, 3.63) is 0 Å². The molecule has 5 nitrogen and oxygen atoms in total. The molecule has 0 spiro atoms. The molecule has 0 saturated carbocycles. The van der Waals surface area contributed by atoms with Crippen LogP contribution in [-0.2, 0) is 10.1 Å². The maximum Gasteiger partial charge on any atom is 0.485 e. The summed E-state index contributed by atoms with van der Waals surface area (Å²) in [6, 6.07) is 0. The van der Waals surface area contributed by atoms with Gasteiger partial charge in [0.15, 0.2) is 29.8 Å².